The van der Waals surface area contributed by atoms with Crippen molar-refractivity contribution in [2.24, 2.45) is 0 Å². The van der Waals surface area contributed by atoms with Gasteiger partial charge in [0, 0.05) is 16.6 Å². The van der Waals surface area contributed by atoms with Gasteiger partial charge >= 0.3 is 0 Å². The number of piperidine rings is 1. The highest BCUT2D eigenvalue weighted by atomic mass is 16.3. The van der Waals surface area contributed by atoms with Crippen LogP contribution < -0.4 is 0 Å². The maximum atomic E-state index is 10.4. The fraction of sp³-hybridized carbons (Fsp3) is 0.600. The van der Waals surface area contributed by atoms with E-state index >= 15 is 0 Å². The number of aliphatic hydroxyl groups excluding tert-OH is 1. The molecule has 1 aliphatic rings. The molecule has 2 heterocycles. The average Bonchev–Trinajstić information content (AvgIpc) is 2.74. The Labute approximate surface area is 109 Å². The van der Waals surface area contributed by atoms with E-state index in [1.807, 2.05) is 12.1 Å². The highest BCUT2D eigenvalue weighted by Gasteiger charge is 2.45. The zero-order valence-corrected chi connectivity index (χ0v) is 11.9. The lowest BCUT2D eigenvalue weighted by molar-refractivity contribution is -0.0178. The zero-order valence-electron chi connectivity index (χ0n) is 11.9. The second-order valence-electron chi connectivity index (χ2n) is 6.31. The molecule has 1 atom stereocenters. The van der Waals surface area contributed by atoms with Crippen LogP contribution in [0.15, 0.2) is 28.6 Å². The minimum absolute atomic E-state index is 0.00332. The van der Waals surface area contributed by atoms with Crippen LogP contribution in [0.5, 0.6) is 0 Å². The first-order chi connectivity index (χ1) is 8.25. The van der Waals surface area contributed by atoms with Crippen LogP contribution in [0, 0.1) is 0 Å². The van der Waals surface area contributed by atoms with Crippen molar-refractivity contribution in [1.29, 1.82) is 0 Å². The summed E-state index contributed by atoms with van der Waals surface area (Å²) in [5.41, 5.74) is 1.88. The summed E-state index contributed by atoms with van der Waals surface area (Å²) in [5, 5.41) is 10.4. The quantitative estimate of drug-likeness (QED) is 0.831. The average molecular weight is 249 g/mol. The van der Waals surface area contributed by atoms with Gasteiger partial charge in [-0.15, -0.1) is 0 Å². The first-order valence-electron chi connectivity index (χ1n) is 6.41. The van der Waals surface area contributed by atoms with Gasteiger partial charge in [0.25, 0.3) is 0 Å². The van der Waals surface area contributed by atoms with Gasteiger partial charge in [-0.25, -0.2) is 0 Å². The van der Waals surface area contributed by atoms with E-state index in [4.69, 9.17) is 4.42 Å². The fourth-order valence-electron chi connectivity index (χ4n) is 2.89. The lowest BCUT2D eigenvalue weighted by Gasteiger charge is -2.54. The third kappa shape index (κ3) is 2.13. The molecule has 3 heteroatoms. The topological polar surface area (TPSA) is 36.6 Å². The van der Waals surface area contributed by atoms with E-state index in [2.05, 4.69) is 39.6 Å². The van der Waals surface area contributed by atoms with Crippen molar-refractivity contribution in [3.05, 3.63) is 29.7 Å². The predicted octanol–water partition coefficient (Wildman–Crippen LogP) is 2.92. The summed E-state index contributed by atoms with van der Waals surface area (Å²) < 4.78 is 5.09. The molecular formula is C15H23NO2. The van der Waals surface area contributed by atoms with Gasteiger partial charge in [-0.3, -0.25) is 4.90 Å². The Bertz CT molecular complexity index is 443. The van der Waals surface area contributed by atoms with Gasteiger partial charge in [0.1, 0.15) is 0 Å². The molecule has 3 nitrogen and oxygen atoms in total. The molecule has 1 aromatic rings. The van der Waals surface area contributed by atoms with E-state index in [1.165, 1.54) is 0 Å². The van der Waals surface area contributed by atoms with Crippen LogP contribution in [0.1, 0.15) is 39.7 Å². The van der Waals surface area contributed by atoms with Crippen LogP contribution in [0.2, 0.25) is 0 Å². The number of hydrogen-bond donors (Lipinski definition) is 1. The van der Waals surface area contributed by atoms with E-state index in [0.29, 0.717) is 0 Å². The van der Waals surface area contributed by atoms with Gasteiger partial charge in [0.05, 0.1) is 18.6 Å². The van der Waals surface area contributed by atoms with Crippen molar-refractivity contribution >= 4 is 6.08 Å². The number of aliphatic hydroxyl groups is 1. The Kier molecular flexibility index (Phi) is 3.16. The molecule has 1 fully saturated rings. The molecule has 0 aromatic carbocycles. The number of nitrogens with zero attached hydrogens (tertiary/aromatic N) is 1. The summed E-state index contributed by atoms with van der Waals surface area (Å²) >= 11 is 0. The van der Waals surface area contributed by atoms with Crippen molar-refractivity contribution in [3.63, 3.8) is 0 Å². The molecule has 0 radical (unpaired) electrons. The molecule has 0 spiro atoms. The molecule has 1 unspecified atom stereocenters. The van der Waals surface area contributed by atoms with E-state index in [-0.39, 0.29) is 11.1 Å². The van der Waals surface area contributed by atoms with Crippen molar-refractivity contribution in [3.8, 4) is 0 Å². The van der Waals surface area contributed by atoms with Gasteiger partial charge in [-0.1, -0.05) is 0 Å². The molecule has 1 aromatic heterocycles. The molecule has 1 aliphatic heterocycles. The van der Waals surface area contributed by atoms with Crippen LogP contribution in [-0.4, -0.2) is 34.2 Å². The molecule has 100 valence electrons. The van der Waals surface area contributed by atoms with Gasteiger partial charge in [0.2, 0.25) is 0 Å². The number of hydrogen-bond acceptors (Lipinski definition) is 3. The van der Waals surface area contributed by atoms with Gasteiger partial charge in [0.15, 0.2) is 0 Å². The van der Waals surface area contributed by atoms with Crippen LogP contribution in [-0.2, 0) is 0 Å². The fourth-order valence-corrected chi connectivity index (χ4v) is 2.89. The van der Waals surface area contributed by atoms with Gasteiger partial charge in [-0.05, 0) is 58.9 Å². The summed E-state index contributed by atoms with van der Waals surface area (Å²) in [4.78, 5) is 2.33. The van der Waals surface area contributed by atoms with Crippen molar-refractivity contribution in [2.45, 2.75) is 51.3 Å². The Morgan fingerprint density at radius 1 is 1.39 bits per heavy atom. The lowest BCUT2D eigenvalue weighted by atomic mass is 9.74. The Morgan fingerprint density at radius 2 is 2.06 bits per heavy atom. The van der Waals surface area contributed by atoms with Crippen molar-refractivity contribution in [2.75, 3.05) is 7.05 Å². The van der Waals surface area contributed by atoms with E-state index in [9.17, 15) is 5.11 Å². The van der Waals surface area contributed by atoms with Crippen LogP contribution in [0.3, 0.4) is 0 Å². The Hall–Kier alpha value is -1.06. The number of likely N-dealkylation sites (tertiary alicyclic amines) is 1. The van der Waals surface area contributed by atoms with Crippen molar-refractivity contribution in [1.82, 2.24) is 4.90 Å². The second-order valence-corrected chi connectivity index (χ2v) is 6.31. The molecule has 1 N–H and O–H groups in total. The number of rotatable bonds is 1. The molecule has 0 saturated carbocycles. The minimum atomic E-state index is -0.402. The largest absolute Gasteiger partial charge is 0.472 e. The van der Waals surface area contributed by atoms with E-state index in [0.717, 1.165) is 17.6 Å². The maximum absolute atomic E-state index is 10.4. The number of likely N-dealkylation sites (N-methyl/N-ethyl adjacent to an activating group) is 1. The monoisotopic (exact) mass is 249 g/mol. The predicted molar refractivity (Wildman–Crippen MR) is 73.2 cm³/mol. The summed E-state index contributed by atoms with van der Waals surface area (Å²) in [6, 6.07) is 1.91. The molecule has 0 amide bonds. The molecule has 18 heavy (non-hydrogen) atoms. The lowest BCUT2D eigenvalue weighted by Crippen LogP contribution is -2.61. The van der Waals surface area contributed by atoms with Crippen LogP contribution >= 0.6 is 0 Å². The highest BCUT2D eigenvalue weighted by Crippen LogP contribution is 2.41. The SMILES string of the molecule is CN1C(C)(C)CC(O)C(=Cc2ccoc2)C1(C)C. The second kappa shape index (κ2) is 4.25. The summed E-state index contributed by atoms with van der Waals surface area (Å²) in [6.07, 6.45) is 5.75. The highest BCUT2D eigenvalue weighted by molar-refractivity contribution is 5.56. The standard InChI is InChI=1S/C15H23NO2/c1-14(2)9-13(17)12(15(3,4)16(14)5)8-11-6-7-18-10-11/h6-8,10,13,17H,9H2,1-5H3. The molecule has 0 bridgehead atoms. The molecule has 1 saturated heterocycles. The van der Waals surface area contributed by atoms with Crippen LogP contribution in [0.25, 0.3) is 6.08 Å². The third-order valence-corrected chi connectivity index (χ3v) is 4.37. The summed E-state index contributed by atoms with van der Waals surface area (Å²) in [6.45, 7) is 8.66. The Morgan fingerprint density at radius 3 is 2.61 bits per heavy atom. The molecule has 2 rings (SSSR count). The normalized spacial score (nSPS) is 29.7. The van der Waals surface area contributed by atoms with Crippen LogP contribution in [0.4, 0.5) is 0 Å². The minimum Gasteiger partial charge on any atom is -0.472 e. The summed E-state index contributed by atoms with van der Waals surface area (Å²) in [5.74, 6) is 0. The Balaban J connectivity index is 2.42. The smallest absolute Gasteiger partial charge is 0.0974 e. The van der Waals surface area contributed by atoms with Gasteiger partial charge in [-0.2, -0.15) is 0 Å². The third-order valence-electron chi connectivity index (χ3n) is 4.37. The van der Waals surface area contributed by atoms with E-state index < -0.39 is 6.10 Å². The van der Waals surface area contributed by atoms with E-state index in [1.54, 1.807) is 12.5 Å². The van der Waals surface area contributed by atoms with Crippen molar-refractivity contribution < 1.29 is 9.52 Å². The zero-order chi connectivity index (χ0) is 13.6. The number of furan rings is 1. The van der Waals surface area contributed by atoms with Gasteiger partial charge < -0.3 is 9.52 Å². The first-order valence-corrected chi connectivity index (χ1v) is 6.41. The maximum Gasteiger partial charge on any atom is 0.0974 e. The molecule has 0 aliphatic carbocycles. The molecular weight excluding hydrogens is 226 g/mol. The first kappa shape index (κ1) is 13.4. The summed E-state index contributed by atoms with van der Waals surface area (Å²) in [7, 11) is 2.12.